The Bertz CT molecular complexity index is 1360. The zero-order valence-corrected chi connectivity index (χ0v) is 25.1. The summed E-state index contributed by atoms with van der Waals surface area (Å²) in [6.45, 7) is 4.38. The van der Waals surface area contributed by atoms with Crippen molar-refractivity contribution in [3.63, 3.8) is 0 Å². The van der Waals surface area contributed by atoms with Crippen LogP contribution in [-0.4, -0.2) is 17.2 Å². The molecule has 0 heterocycles. The minimum atomic E-state index is -2.16. The van der Waals surface area contributed by atoms with Gasteiger partial charge in [-0.1, -0.05) is 101 Å². The Morgan fingerprint density at radius 2 is 0.884 bits per heavy atom. The third-order valence-electron chi connectivity index (χ3n) is 7.41. The second-order valence-corrected chi connectivity index (χ2v) is 10.9. The molecule has 0 saturated carbocycles. The van der Waals surface area contributed by atoms with Gasteiger partial charge in [0, 0.05) is 6.07 Å². The van der Waals surface area contributed by atoms with Crippen LogP contribution in [-0.2, 0) is 12.8 Å². The van der Waals surface area contributed by atoms with Gasteiger partial charge in [-0.3, -0.25) is 0 Å². The summed E-state index contributed by atoms with van der Waals surface area (Å²) in [7, 11) is -2.16. The molecule has 0 atom stereocenters. The molecular weight excluding hydrogens is 551 g/mol. The largest absolute Gasteiger partial charge is 0.494 e. The highest BCUT2D eigenvalue weighted by Gasteiger charge is 2.22. The Morgan fingerprint density at radius 3 is 1.26 bits per heavy atom. The lowest BCUT2D eigenvalue weighted by atomic mass is 9.78. The van der Waals surface area contributed by atoms with Crippen molar-refractivity contribution in [1.29, 1.82) is 0 Å². The molecule has 2 nitrogen and oxygen atoms in total. The molecule has 0 aromatic heterocycles. The average Bonchev–Trinajstić information content (AvgIpc) is 2.97. The van der Waals surface area contributed by atoms with Crippen molar-refractivity contribution in [3.8, 4) is 22.3 Å². The van der Waals surface area contributed by atoms with Crippen LogP contribution in [0, 0.1) is 23.3 Å². The van der Waals surface area contributed by atoms with Crippen LogP contribution in [0.4, 0.5) is 17.6 Å². The van der Waals surface area contributed by atoms with Crippen LogP contribution in [0.2, 0.25) is 0 Å². The van der Waals surface area contributed by atoms with Crippen LogP contribution in [0.15, 0.2) is 78.9 Å². The fraction of sp³-hybridized carbons (Fsp3) is 0.333. The lowest BCUT2D eigenvalue weighted by Gasteiger charge is -2.09. The third kappa shape index (κ3) is 11.0. The Balaban J connectivity index is 0.000000238. The van der Waals surface area contributed by atoms with Gasteiger partial charge in [-0.2, -0.15) is 0 Å². The van der Waals surface area contributed by atoms with Crippen molar-refractivity contribution in [2.24, 2.45) is 0 Å². The first-order chi connectivity index (χ1) is 20.7. The van der Waals surface area contributed by atoms with E-state index in [4.69, 9.17) is 10.0 Å². The van der Waals surface area contributed by atoms with Crippen LogP contribution >= 0.6 is 0 Å². The van der Waals surface area contributed by atoms with Gasteiger partial charge in [-0.05, 0) is 83.3 Å². The van der Waals surface area contributed by atoms with Crippen molar-refractivity contribution in [2.45, 2.75) is 78.1 Å². The maximum atomic E-state index is 13.8. The predicted octanol–water partition coefficient (Wildman–Crippen LogP) is 9.19. The Kier molecular flexibility index (Phi) is 14.0. The fourth-order valence-electron chi connectivity index (χ4n) is 4.96. The highest BCUT2D eigenvalue weighted by atomic mass is 19.1. The molecule has 228 valence electrons. The van der Waals surface area contributed by atoms with Crippen LogP contribution < -0.4 is 5.46 Å². The van der Waals surface area contributed by atoms with E-state index in [1.807, 2.05) is 48.5 Å². The second kappa shape index (κ2) is 17.6. The van der Waals surface area contributed by atoms with Gasteiger partial charge in [0.25, 0.3) is 0 Å². The molecule has 0 unspecified atom stereocenters. The van der Waals surface area contributed by atoms with E-state index in [0.29, 0.717) is 16.7 Å². The summed E-state index contributed by atoms with van der Waals surface area (Å²) in [5.41, 5.74) is 4.26. The quantitative estimate of drug-likeness (QED) is 0.0924. The molecule has 4 aromatic rings. The predicted molar refractivity (Wildman–Crippen MR) is 169 cm³/mol. The van der Waals surface area contributed by atoms with Crippen molar-refractivity contribution in [2.75, 3.05) is 0 Å². The van der Waals surface area contributed by atoms with E-state index < -0.39 is 35.9 Å². The van der Waals surface area contributed by atoms with Crippen LogP contribution in [0.1, 0.15) is 76.3 Å². The van der Waals surface area contributed by atoms with E-state index >= 15 is 0 Å². The summed E-state index contributed by atoms with van der Waals surface area (Å²) in [6.07, 6.45) is 11.8. The smallest absolute Gasteiger partial charge is 0.423 e. The zero-order chi connectivity index (χ0) is 31.2. The average molecular weight is 593 g/mol. The molecule has 43 heavy (non-hydrogen) atoms. The minimum Gasteiger partial charge on any atom is -0.423 e. The van der Waals surface area contributed by atoms with Crippen LogP contribution in [0.5, 0.6) is 0 Å². The molecule has 4 aromatic carbocycles. The van der Waals surface area contributed by atoms with E-state index in [1.165, 1.54) is 68.2 Å². The van der Waals surface area contributed by atoms with Gasteiger partial charge in [-0.15, -0.1) is 0 Å². The molecular formula is C36H41BF4O2. The number of halogens is 4. The number of rotatable bonds is 13. The molecule has 0 amide bonds. The lowest BCUT2D eigenvalue weighted by Crippen LogP contribution is -2.35. The number of aryl methyl sites for hydroxylation is 2. The molecule has 0 aliphatic rings. The molecule has 7 heteroatoms. The van der Waals surface area contributed by atoms with Crippen molar-refractivity contribution >= 4 is 12.6 Å². The summed E-state index contributed by atoms with van der Waals surface area (Å²) < 4.78 is 54.0. The van der Waals surface area contributed by atoms with Crippen molar-refractivity contribution in [3.05, 3.63) is 113 Å². The lowest BCUT2D eigenvalue weighted by molar-refractivity contribution is 0.419. The molecule has 0 aliphatic heterocycles. The first-order valence-corrected chi connectivity index (χ1v) is 15.2. The van der Waals surface area contributed by atoms with E-state index in [9.17, 15) is 17.6 Å². The van der Waals surface area contributed by atoms with E-state index in [2.05, 4.69) is 13.8 Å². The summed E-state index contributed by atoms with van der Waals surface area (Å²) in [6, 6.07) is 21.4. The van der Waals surface area contributed by atoms with Crippen molar-refractivity contribution in [1.82, 2.24) is 0 Å². The maximum absolute atomic E-state index is 13.8. The van der Waals surface area contributed by atoms with Gasteiger partial charge in [0.1, 0.15) is 23.3 Å². The molecule has 0 fully saturated rings. The molecule has 0 saturated heterocycles. The van der Waals surface area contributed by atoms with Gasteiger partial charge >= 0.3 is 7.12 Å². The Morgan fingerprint density at radius 1 is 0.488 bits per heavy atom. The standard InChI is InChI=1S/C18H21BF2O2.C18H20F2/c1-2-3-4-5-6-13-7-9-14(10-8-13)15-11-16(20)18(19(22)23)17(21)12-15;1-2-3-4-5-6-14-7-9-15(10-8-14)16-11-17(19)13-18(20)12-16/h7-12,22-23H,2-6H2,1H3;7-13H,2-6H2,1H3. The number of hydrogen-bond donors (Lipinski definition) is 2. The summed E-state index contributed by atoms with van der Waals surface area (Å²) >= 11 is 0. The molecule has 2 N–H and O–H groups in total. The highest BCUT2D eigenvalue weighted by molar-refractivity contribution is 6.58. The third-order valence-corrected chi connectivity index (χ3v) is 7.41. The second-order valence-electron chi connectivity index (χ2n) is 10.9. The number of benzene rings is 4. The number of hydrogen-bond acceptors (Lipinski definition) is 2. The van der Waals surface area contributed by atoms with Crippen LogP contribution in [0.3, 0.4) is 0 Å². The van der Waals surface area contributed by atoms with Gasteiger partial charge in [0.15, 0.2) is 0 Å². The highest BCUT2D eigenvalue weighted by Crippen LogP contribution is 2.24. The van der Waals surface area contributed by atoms with Crippen molar-refractivity contribution < 1.29 is 27.6 Å². The van der Waals surface area contributed by atoms with E-state index in [-0.39, 0.29) is 0 Å². The maximum Gasteiger partial charge on any atom is 0.494 e. The topological polar surface area (TPSA) is 40.5 Å². The first-order valence-electron chi connectivity index (χ1n) is 15.2. The first kappa shape index (κ1) is 34.1. The normalized spacial score (nSPS) is 10.8. The number of unbranched alkanes of at least 4 members (excludes halogenated alkanes) is 6. The van der Waals surface area contributed by atoms with Gasteiger partial charge in [0.2, 0.25) is 0 Å². The van der Waals surface area contributed by atoms with E-state index in [1.54, 1.807) is 0 Å². The molecule has 0 spiro atoms. The summed E-state index contributed by atoms with van der Waals surface area (Å²) in [5, 5.41) is 18.0. The van der Waals surface area contributed by atoms with Crippen LogP contribution in [0.25, 0.3) is 22.3 Å². The summed E-state index contributed by atoms with van der Waals surface area (Å²) in [4.78, 5) is 0. The van der Waals surface area contributed by atoms with Gasteiger partial charge < -0.3 is 10.0 Å². The fourth-order valence-corrected chi connectivity index (χ4v) is 4.96. The van der Waals surface area contributed by atoms with E-state index in [0.717, 1.165) is 43.0 Å². The monoisotopic (exact) mass is 592 g/mol. The van der Waals surface area contributed by atoms with Gasteiger partial charge in [0.05, 0.1) is 5.46 Å². The zero-order valence-electron chi connectivity index (χ0n) is 25.1. The Labute approximate surface area is 253 Å². The van der Waals surface area contributed by atoms with Gasteiger partial charge in [-0.25, -0.2) is 17.6 Å². The Hall–Kier alpha value is -3.42. The molecule has 0 bridgehead atoms. The SMILES string of the molecule is CCCCCCc1ccc(-c2cc(F)c(B(O)O)c(F)c2)cc1.CCCCCCc1ccc(-c2cc(F)cc(F)c2)cc1. The summed E-state index contributed by atoms with van der Waals surface area (Å²) in [5.74, 6) is -3.00. The molecule has 4 rings (SSSR count). The molecule has 0 aliphatic carbocycles. The minimum absolute atomic E-state index is 0.377. The molecule has 0 radical (unpaired) electrons.